The van der Waals surface area contributed by atoms with E-state index in [9.17, 15) is 9.59 Å². The van der Waals surface area contributed by atoms with Crippen LogP contribution >= 0.6 is 0 Å². The molecule has 0 unspecified atom stereocenters. The van der Waals surface area contributed by atoms with Crippen molar-refractivity contribution in [3.8, 4) is 0 Å². The van der Waals surface area contributed by atoms with Gasteiger partial charge in [0.2, 0.25) is 0 Å². The molecular weight excluding hydrogens is 210 g/mol. The quantitative estimate of drug-likeness (QED) is 0.747. The molecule has 1 aliphatic heterocycles. The summed E-state index contributed by atoms with van der Waals surface area (Å²) in [6.07, 6.45) is 0. The SMILES string of the molecule is CC(C)N1Cc2[nH]c(=O)nc(C(=O)O)c2C1. The third-order valence-electron chi connectivity index (χ3n) is 2.78. The second-order valence-electron chi connectivity index (χ2n) is 4.15. The number of carboxylic acid groups (broad SMARTS) is 1. The first-order chi connectivity index (χ1) is 7.49. The molecule has 0 fully saturated rings. The lowest BCUT2D eigenvalue weighted by atomic mass is 10.2. The number of nitrogens with one attached hydrogen (secondary N) is 1. The van der Waals surface area contributed by atoms with E-state index < -0.39 is 11.7 Å². The molecule has 16 heavy (non-hydrogen) atoms. The van der Waals surface area contributed by atoms with Crippen LogP contribution in [0.4, 0.5) is 0 Å². The zero-order valence-electron chi connectivity index (χ0n) is 9.15. The van der Waals surface area contributed by atoms with Crippen molar-refractivity contribution in [1.29, 1.82) is 0 Å². The topological polar surface area (TPSA) is 86.3 Å². The van der Waals surface area contributed by atoms with Crippen molar-refractivity contribution in [1.82, 2.24) is 14.9 Å². The van der Waals surface area contributed by atoms with Gasteiger partial charge in [0.25, 0.3) is 0 Å². The van der Waals surface area contributed by atoms with Gasteiger partial charge in [-0.2, -0.15) is 4.98 Å². The molecular formula is C10H13N3O3. The standard InChI is InChI=1S/C10H13N3O3/c1-5(2)13-3-6-7(4-13)11-10(16)12-8(6)9(14)15/h5H,3-4H2,1-2H3,(H,14,15)(H,11,12,16). The van der Waals surface area contributed by atoms with Crippen LogP contribution in [0.1, 0.15) is 35.6 Å². The van der Waals surface area contributed by atoms with Gasteiger partial charge in [0, 0.05) is 30.4 Å². The molecule has 0 atom stereocenters. The Morgan fingerprint density at radius 2 is 2.19 bits per heavy atom. The first kappa shape index (κ1) is 10.8. The third-order valence-corrected chi connectivity index (χ3v) is 2.78. The highest BCUT2D eigenvalue weighted by molar-refractivity contribution is 5.87. The molecule has 1 aromatic rings. The van der Waals surface area contributed by atoms with E-state index in [1.807, 2.05) is 13.8 Å². The minimum Gasteiger partial charge on any atom is -0.476 e. The Morgan fingerprint density at radius 1 is 1.50 bits per heavy atom. The van der Waals surface area contributed by atoms with Gasteiger partial charge in [0.1, 0.15) is 0 Å². The van der Waals surface area contributed by atoms with Crippen LogP contribution in [0.15, 0.2) is 4.79 Å². The number of aromatic nitrogens is 2. The van der Waals surface area contributed by atoms with Gasteiger partial charge in [-0.05, 0) is 13.8 Å². The van der Waals surface area contributed by atoms with Crippen LogP contribution < -0.4 is 5.69 Å². The highest BCUT2D eigenvalue weighted by atomic mass is 16.4. The number of nitrogens with zero attached hydrogens (tertiary/aromatic N) is 2. The average molecular weight is 223 g/mol. The Hall–Kier alpha value is -1.69. The number of carboxylic acids is 1. The molecule has 0 aliphatic carbocycles. The predicted octanol–water partition coefficient (Wildman–Crippen LogP) is 0.192. The molecule has 1 aliphatic rings. The first-order valence-corrected chi connectivity index (χ1v) is 5.08. The molecule has 2 N–H and O–H groups in total. The molecule has 6 heteroatoms. The van der Waals surface area contributed by atoms with E-state index in [2.05, 4.69) is 14.9 Å². The summed E-state index contributed by atoms with van der Waals surface area (Å²) in [5.74, 6) is -1.15. The van der Waals surface area contributed by atoms with Gasteiger partial charge in [-0.15, -0.1) is 0 Å². The maximum atomic E-state index is 11.2. The summed E-state index contributed by atoms with van der Waals surface area (Å²) in [5.41, 5.74) is 0.579. The maximum Gasteiger partial charge on any atom is 0.355 e. The molecule has 0 saturated heterocycles. The van der Waals surface area contributed by atoms with Gasteiger partial charge in [0.05, 0.1) is 0 Å². The van der Waals surface area contributed by atoms with E-state index >= 15 is 0 Å². The van der Waals surface area contributed by atoms with E-state index in [1.165, 1.54) is 0 Å². The monoisotopic (exact) mass is 223 g/mol. The zero-order valence-corrected chi connectivity index (χ0v) is 9.15. The smallest absolute Gasteiger partial charge is 0.355 e. The van der Waals surface area contributed by atoms with Gasteiger partial charge in [-0.1, -0.05) is 0 Å². The molecule has 0 spiro atoms. The van der Waals surface area contributed by atoms with Gasteiger partial charge < -0.3 is 10.1 Å². The van der Waals surface area contributed by atoms with Gasteiger partial charge in [-0.3, -0.25) is 4.90 Å². The normalized spacial score (nSPS) is 15.4. The number of aromatic carboxylic acids is 1. The fourth-order valence-corrected chi connectivity index (χ4v) is 1.85. The van der Waals surface area contributed by atoms with Crippen molar-refractivity contribution in [2.24, 2.45) is 0 Å². The molecule has 0 amide bonds. The molecule has 0 radical (unpaired) electrons. The molecule has 0 saturated carbocycles. The molecule has 2 rings (SSSR count). The second kappa shape index (κ2) is 3.71. The molecule has 0 aromatic carbocycles. The Bertz CT molecular complexity index is 493. The first-order valence-electron chi connectivity index (χ1n) is 5.08. The number of aromatic amines is 1. The fourth-order valence-electron chi connectivity index (χ4n) is 1.85. The van der Waals surface area contributed by atoms with E-state index in [0.717, 1.165) is 0 Å². The molecule has 2 heterocycles. The number of rotatable bonds is 2. The summed E-state index contributed by atoms with van der Waals surface area (Å²) in [4.78, 5) is 30.3. The van der Waals surface area contributed by atoms with Crippen LogP contribution in [0.5, 0.6) is 0 Å². The summed E-state index contributed by atoms with van der Waals surface area (Å²) in [6.45, 7) is 5.15. The van der Waals surface area contributed by atoms with E-state index in [-0.39, 0.29) is 5.69 Å². The Morgan fingerprint density at radius 3 is 2.75 bits per heavy atom. The lowest BCUT2D eigenvalue weighted by Crippen LogP contribution is -2.24. The largest absolute Gasteiger partial charge is 0.476 e. The number of carbonyl (C=O) groups is 1. The Balaban J connectivity index is 2.48. The van der Waals surface area contributed by atoms with Crippen molar-refractivity contribution in [3.05, 3.63) is 27.4 Å². The highest BCUT2D eigenvalue weighted by Gasteiger charge is 2.27. The molecule has 1 aromatic heterocycles. The highest BCUT2D eigenvalue weighted by Crippen LogP contribution is 2.23. The van der Waals surface area contributed by atoms with Crippen molar-refractivity contribution in [3.63, 3.8) is 0 Å². The predicted molar refractivity (Wildman–Crippen MR) is 56.2 cm³/mol. The molecule has 0 bridgehead atoms. The zero-order chi connectivity index (χ0) is 11.9. The lowest BCUT2D eigenvalue weighted by Gasteiger charge is -2.18. The third kappa shape index (κ3) is 1.71. The van der Waals surface area contributed by atoms with Gasteiger partial charge in [0.15, 0.2) is 5.69 Å². The van der Waals surface area contributed by atoms with Crippen LogP contribution in [-0.4, -0.2) is 32.0 Å². The summed E-state index contributed by atoms with van der Waals surface area (Å²) in [6, 6.07) is 0.303. The summed E-state index contributed by atoms with van der Waals surface area (Å²) < 4.78 is 0. The molecule has 86 valence electrons. The van der Waals surface area contributed by atoms with Crippen LogP contribution in [-0.2, 0) is 13.1 Å². The van der Waals surface area contributed by atoms with Gasteiger partial charge in [-0.25, -0.2) is 9.59 Å². The van der Waals surface area contributed by atoms with Gasteiger partial charge >= 0.3 is 11.7 Å². The Kier molecular flexibility index (Phi) is 2.51. The maximum absolute atomic E-state index is 11.2. The van der Waals surface area contributed by atoms with Crippen molar-refractivity contribution >= 4 is 5.97 Å². The Labute approximate surface area is 91.9 Å². The summed E-state index contributed by atoms with van der Waals surface area (Å²) in [7, 11) is 0. The summed E-state index contributed by atoms with van der Waals surface area (Å²) >= 11 is 0. The number of hydrogen-bond donors (Lipinski definition) is 2. The average Bonchev–Trinajstić information content (AvgIpc) is 2.59. The van der Waals surface area contributed by atoms with Crippen molar-refractivity contribution in [2.45, 2.75) is 33.0 Å². The fraction of sp³-hybridized carbons (Fsp3) is 0.500. The van der Waals surface area contributed by atoms with E-state index in [1.54, 1.807) is 0 Å². The van der Waals surface area contributed by atoms with Crippen molar-refractivity contribution in [2.75, 3.05) is 0 Å². The minimum absolute atomic E-state index is 0.123. The van der Waals surface area contributed by atoms with E-state index in [0.29, 0.717) is 30.4 Å². The number of hydrogen-bond acceptors (Lipinski definition) is 4. The molecule has 6 nitrogen and oxygen atoms in total. The van der Waals surface area contributed by atoms with E-state index in [4.69, 9.17) is 5.11 Å². The van der Waals surface area contributed by atoms with Crippen LogP contribution in [0.2, 0.25) is 0 Å². The van der Waals surface area contributed by atoms with Crippen LogP contribution in [0.3, 0.4) is 0 Å². The van der Waals surface area contributed by atoms with Crippen molar-refractivity contribution < 1.29 is 9.90 Å². The van der Waals surface area contributed by atoms with Crippen LogP contribution in [0, 0.1) is 0 Å². The minimum atomic E-state index is -1.15. The summed E-state index contributed by atoms with van der Waals surface area (Å²) in [5, 5.41) is 8.96. The van der Waals surface area contributed by atoms with Crippen LogP contribution in [0.25, 0.3) is 0 Å². The number of fused-ring (bicyclic) bond motifs is 1. The lowest BCUT2D eigenvalue weighted by molar-refractivity contribution is 0.0687. The number of H-pyrrole nitrogens is 1. The second-order valence-corrected chi connectivity index (χ2v) is 4.15.